The second-order valence-corrected chi connectivity index (χ2v) is 7.24. The quantitative estimate of drug-likeness (QED) is 0.774. The number of hydrogen-bond donors (Lipinski definition) is 0. The molecule has 3 aliphatic heterocycles. The van der Waals surface area contributed by atoms with Gasteiger partial charge in [-0.25, -0.2) is 0 Å². The first-order valence-corrected chi connectivity index (χ1v) is 8.99. The number of rotatable bonds is 1. The Balaban J connectivity index is 1.43. The van der Waals surface area contributed by atoms with E-state index in [-0.39, 0.29) is 17.4 Å². The highest BCUT2D eigenvalue weighted by Crippen LogP contribution is 2.31. The summed E-state index contributed by atoms with van der Waals surface area (Å²) in [5.41, 5.74) is 1.55. The summed E-state index contributed by atoms with van der Waals surface area (Å²) in [5.74, 6) is 1.10. The molecule has 6 heteroatoms. The molecule has 0 N–H and O–H groups in total. The monoisotopic (exact) mass is 344 g/mol. The molecule has 2 amide bonds. The average Bonchev–Trinajstić information content (AvgIpc) is 3.04. The van der Waals surface area contributed by atoms with Crippen LogP contribution in [0.5, 0.6) is 5.75 Å². The summed E-state index contributed by atoms with van der Waals surface area (Å²) in [6.07, 6.45) is 2.85. The van der Waals surface area contributed by atoms with E-state index in [4.69, 9.17) is 9.47 Å². The summed E-state index contributed by atoms with van der Waals surface area (Å²) >= 11 is 0. The van der Waals surface area contributed by atoms with Gasteiger partial charge in [-0.05, 0) is 36.6 Å². The highest BCUT2D eigenvalue weighted by atomic mass is 16.5. The zero-order valence-electron chi connectivity index (χ0n) is 14.6. The molecule has 6 nitrogen and oxygen atoms in total. The van der Waals surface area contributed by atoms with Gasteiger partial charge in [-0.1, -0.05) is 0 Å². The van der Waals surface area contributed by atoms with Crippen molar-refractivity contribution < 1.29 is 19.1 Å². The van der Waals surface area contributed by atoms with Gasteiger partial charge in [-0.2, -0.15) is 0 Å². The molecule has 0 unspecified atom stereocenters. The van der Waals surface area contributed by atoms with Crippen molar-refractivity contribution in [1.82, 2.24) is 9.80 Å². The lowest BCUT2D eigenvalue weighted by Gasteiger charge is -2.42. The number of benzene rings is 1. The molecule has 0 aliphatic carbocycles. The molecule has 1 spiro atoms. The molecule has 0 radical (unpaired) electrons. The molecule has 0 bridgehead atoms. The fourth-order valence-electron chi connectivity index (χ4n) is 4.03. The summed E-state index contributed by atoms with van der Waals surface area (Å²) in [5, 5.41) is 0. The number of piperidine rings is 1. The van der Waals surface area contributed by atoms with E-state index in [1.165, 1.54) is 0 Å². The maximum absolute atomic E-state index is 12.8. The molecule has 1 aromatic rings. The third kappa shape index (κ3) is 3.11. The molecule has 4 rings (SSSR count). The van der Waals surface area contributed by atoms with Crippen LogP contribution in [-0.2, 0) is 16.0 Å². The van der Waals surface area contributed by atoms with Crippen molar-refractivity contribution in [2.75, 3.05) is 39.9 Å². The van der Waals surface area contributed by atoms with Crippen LogP contribution < -0.4 is 4.74 Å². The van der Waals surface area contributed by atoms with Gasteiger partial charge in [0.25, 0.3) is 5.91 Å². The molecule has 25 heavy (non-hydrogen) atoms. The fourth-order valence-corrected chi connectivity index (χ4v) is 4.03. The Kier molecular flexibility index (Phi) is 4.15. The first-order valence-electron chi connectivity index (χ1n) is 8.99. The zero-order chi connectivity index (χ0) is 17.4. The van der Waals surface area contributed by atoms with Gasteiger partial charge in [0.2, 0.25) is 5.91 Å². The van der Waals surface area contributed by atoms with Crippen LogP contribution in [0.2, 0.25) is 0 Å². The number of hydrogen-bond acceptors (Lipinski definition) is 4. The third-order valence-corrected chi connectivity index (χ3v) is 5.57. The number of fused-ring (bicyclic) bond motifs is 1. The summed E-state index contributed by atoms with van der Waals surface area (Å²) in [6, 6.07) is 5.71. The molecule has 134 valence electrons. The SMILES string of the molecule is CN1CC2(CCN(C(=O)c3ccc4c(c3)CCO4)CC2)OCCC1=O. The third-order valence-electron chi connectivity index (χ3n) is 5.57. The zero-order valence-corrected chi connectivity index (χ0v) is 14.6. The molecule has 2 fully saturated rings. The molecule has 3 aliphatic rings. The Morgan fingerprint density at radius 3 is 2.76 bits per heavy atom. The van der Waals surface area contributed by atoms with Crippen molar-refractivity contribution in [3.8, 4) is 5.75 Å². The van der Waals surface area contributed by atoms with E-state index >= 15 is 0 Å². The summed E-state index contributed by atoms with van der Waals surface area (Å²) < 4.78 is 11.6. The van der Waals surface area contributed by atoms with Crippen LogP contribution in [0.3, 0.4) is 0 Å². The van der Waals surface area contributed by atoms with Crippen LogP contribution in [0, 0.1) is 0 Å². The standard InChI is InChI=1S/C19H24N2O4/c1-20-13-19(25-11-5-17(20)22)6-8-21(9-7-19)18(23)15-2-3-16-14(12-15)4-10-24-16/h2-3,12H,4-11,13H2,1H3. The predicted molar refractivity (Wildman–Crippen MR) is 91.7 cm³/mol. The highest BCUT2D eigenvalue weighted by molar-refractivity contribution is 5.94. The predicted octanol–water partition coefficient (Wildman–Crippen LogP) is 1.47. The smallest absolute Gasteiger partial charge is 0.253 e. The number of carbonyl (C=O) groups excluding carboxylic acids is 2. The lowest BCUT2D eigenvalue weighted by molar-refractivity contribution is -0.130. The number of likely N-dealkylation sites (tertiary alicyclic amines) is 1. The normalized spacial score (nSPS) is 22.5. The Hall–Kier alpha value is -2.08. The van der Waals surface area contributed by atoms with E-state index in [2.05, 4.69) is 0 Å². The lowest BCUT2D eigenvalue weighted by Crippen LogP contribution is -2.52. The van der Waals surface area contributed by atoms with Crippen molar-refractivity contribution in [3.63, 3.8) is 0 Å². The van der Waals surface area contributed by atoms with Crippen LogP contribution in [-0.4, -0.2) is 67.1 Å². The molecule has 0 aromatic heterocycles. The maximum atomic E-state index is 12.8. The van der Waals surface area contributed by atoms with E-state index in [1.807, 2.05) is 30.1 Å². The van der Waals surface area contributed by atoms with Crippen LogP contribution >= 0.6 is 0 Å². The molecule has 0 saturated carbocycles. The van der Waals surface area contributed by atoms with Crippen molar-refractivity contribution >= 4 is 11.8 Å². The van der Waals surface area contributed by atoms with Gasteiger partial charge in [0, 0.05) is 38.7 Å². The van der Waals surface area contributed by atoms with Gasteiger partial charge in [0.15, 0.2) is 0 Å². The fraction of sp³-hybridized carbons (Fsp3) is 0.579. The van der Waals surface area contributed by atoms with Crippen molar-refractivity contribution in [1.29, 1.82) is 0 Å². The van der Waals surface area contributed by atoms with Crippen LogP contribution in [0.25, 0.3) is 0 Å². The van der Waals surface area contributed by atoms with E-state index in [0.717, 1.165) is 36.1 Å². The van der Waals surface area contributed by atoms with Crippen molar-refractivity contribution in [2.45, 2.75) is 31.3 Å². The first kappa shape index (κ1) is 16.4. The molecule has 0 atom stereocenters. The maximum Gasteiger partial charge on any atom is 0.253 e. The number of nitrogens with zero attached hydrogens (tertiary/aromatic N) is 2. The second kappa shape index (κ2) is 6.33. The Morgan fingerprint density at radius 1 is 1.16 bits per heavy atom. The highest BCUT2D eigenvalue weighted by Gasteiger charge is 2.40. The van der Waals surface area contributed by atoms with E-state index in [9.17, 15) is 9.59 Å². The number of ether oxygens (including phenoxy) is 2. The van der Waals surface area contributed by atoms with Gasteiger partial charge >= 0.3 is 0 Å². The number of carbonyl (C=O) groups is 2. The van der Waals surface area contributed by atoms with Crippen molar-refractivity contribution in [2.24, 2.45) is 0 Å². The van der Waals surface area contributed by atoms with E-state index < -0.39 is 0 Å². The van der Waals surface area contributed by atoms with E-state index in [0.29, 0.717) is 39.3 Å². The molecular formula is C19H24N2O4. The number of likely N-dealkylation sites (N-methyl/N-ethyl adjacent to an activating group) is 1. The molecule has 1 aromatic carbocycles. The van der Waals surface area contributed by atoms with Gasteiger partial charge < -0.3 is 19.3 Å². The van der Waals surface area contributed by atoms with Gasteiger partial charge in [-0.3, -0.25) is 9.59 Å². The van der Waals surface area contributed by atoms with Crippen LogP contribution in [0.1, 0.15) is 35.2 Å². The van der Waals surface area contributed by atoms with Crippen molar-refractivity contribution in [3.05, 3.63) is 29.3 Å². The number of amides is 2. The lowest BCUT2D eigenvalue weighted by atomic mass is 9.90. The minimum absolute atomic E-state index is 0.0719. The molecule has 2 saturated heterocycles. The topological polar surface area (TPSA) is 59.1 Å². The minimum atomic E-state index is -0.302. The van der Waals surface area contributed by atoms with Gasteiger partial charge in [-0.15, -0.1) is 0 Å². The Labute approximate surface area is 147 Å². The summed E-state index contributed by atoms with van der Waals surface area (Å²) in [6.45, 7) is 3.11. The summed E-state index contributed by atoms with van der Waals surface area (Å²) in [7, 11) is 1.84. The largest absolute Gasteiger partial charge is 0.493 e. The minimum Gasteiger partial charge on any atom is -0.493 e. The molecular weight excluding hydrogens is 320 g/mol. The van der Waals surface area contributed by atoms with E-state index in [1.54, 1.807) is 4.90 Å². The van der Waals surface area contributed by atoms with Crippen LogP contribution in [0.15, 0.2) is 18.2 Å². The molecule has 3 heterocycles. The Bertz CT molecular complexity index is 695. The van der Waals surface area contributed by atoms with Gasteiger partial charge in [0.05, 0.1) is 25.2 Å². The van der Waals surface area contributed by atoms with Gasteiger partial charge in [0.1, 0.15) is 5.75 Å². The second-order valence-electron chi connectivity index (χ2n) is 7.24. The summed E-state index contributed by atoms with van der Waals surface area (Å²) in [4.78, 5) is 28.4. The first-order chi connectivity index (χ1) is 12.1. The van der Waals surface area contributed by atoms with Crippen LogP contribution in [0.4, 0.5) is 0 Å². The average molecular weight is 344 g/mol. The Morgan fingerprint density at radius 2 is 1.96 bits per heavy atom.